The van der Waals surface area contributed by atoms with Crippen molar-refractivity contribution in [1.29, 1.82) is 0 Å². The van der Waals surface area contributed by atoms with Crippen molar-refractivity contribution in [2.45, 2.75) is 30.7 Å². The van der Waals surface area contributed by atoms with Gasteiger partial charge >= 0.3 is 5.97 Å². The zero-order chi connectivity index (χ0) is 14.5. The lowest BCUT2D eigenvalue weighted by Gasteiger charge is -2.03. The van der Waals surface area contributed by atoms with Crippen molar-refractivity contribution in [2.24, 2.45) is 0 Å². The van der Waals surface area contributed by atoms with Crippen LogP contribution in [-0.2, 0) is 12.2 Å². The van der Waals surface area contributed by atoms with Crippen LogP contribution >= 0.6 is 11.8 Å². The van der Waals surface area contributed by atoms with Gasteiger partial charge in [-0.1, -0.05) is 30.8 Å². The van der Waals surface area contributed by atoms with Crippen LogP contribution in [0.3, 0.4) is 0 Å². The number of benzene rings is 1. The SMILES string of the molecule is CCCc1nnc(SCc2ccc(C(=O)O)cc2)n1N. The van der Waals surface area contributed by atoms with E-state index < -0.39 is 5.97 Å². The Morgan fingerprint density at radius 3 is 2.65 bits per heavy atom. The summed E-state index contributed by atoms with van der Waals surface area (Å²) in [5.74, 6) is 6.43. The number of hydrogen-bond acceptors (Lipinski definition) is 5. The van der Waals surface area contributed by atoms with Crippen LogP contribution in [-0.4, -0.2) is 25.9 Å². The van der Waals surface area contributed by atoms with Gasteiger partial charge in [0.2, 0.25) is 5.16 Å². The Kier molecular flexibility index (Phi) is 4.62. The largest absolute Gasteiger partial charge is 0.478 e. The standard InChI is InChI=1S/C13H16N4O2S/c1-2-3-11-15-16-13(17(11)14)20-8-9-4-6-10(7-5-9)12(18)19/h4-7H,2-3,8,14H2,1H3,(H,18,19). The minimum absolute atomic E-state index is 0.283. The fourth-order valence-electron chi connectivity index (χ4n) is 1.69. The van der Waals surface area contributed by atoms with E-state index in [0.29, 0.717) is 10.9 Å². The van der Waals surface area contributed by atoms with E-state index in [1.54, 1.807) is 24.3 Å². The second-order valence-corrected chi connectivity index (χ2v) is 5.25. The monoisotopic (exact) mass is 292 g/mol. The number of aromatic carboxylic acids is 1. The predicted molar refractivity (Wildman–Crippen MR) is 77.1 cm³/mol. The van der Waals surface area contributed by atoms with E-state index in [4.69, 9.17) is 10.9 Å². The van der Waals surface area contributed by atoms with Gasteiger partial charge in [0.05, 0.1) is 5.56 Å². The maximum Gasteiger partial charge on any atom is 0.335 e. The van der Waals surface area contributed by atoms with Crippen LogP contribution in [0.1, 0.15) is 35.1 Å². The van der Waals surface area contributed by atoms with E-state index in [-0.39, 0.29) is 5.56 Å². The van der Waals surface area contributed by atoms with Crippen LogP contribution in [0.15, 0.2) is 29.4 Å². The van der Waals surface area contributed by atoms with Crippen LogP contribution < -0.4 is 5.84 Å². The van der Waals surface area contributed by atoms with E-state index in [0.717, 1.165) is 24.2 Å². The second-order valence-electron chi connectivity index (χ2n) is 4.31. The van der Waals surface area contributed by atoms with E-state index in [9.17, 15) is 4.79 Å². The summed E-state index contributed by atoms with van der Waals surface area (Å²) < 4.78 is 1.51. The molecule has 6 nitrogen and oxygen atoms in total. The smallest absolute Gasteiger partial charge is 0.335 e. The molecule has 0 bridgehead atoms. The number of carboxylic acids is 1. The van der Waals surface area contributed by atoms with Crippen LogP contribution in [0.25, 0.3) is 0 Å². The number of thioether (sulfide) groups is 1. The first-order valence-corrected chi connectivity index (χ1v) is 7.24. The number of hydrogen-bond donors (Lipinski definition) is 2. The zero-order valence-electron chi connectivity index (χ0n) is 11.1. The first-order valence-electron chi connectivity index (χ1n) is 6.26. The van der Waals surface area contributed by atoms with Gasteiger partial charge in [-0.2, -0.15) is 0 Å². The lowest BCUT2D eigenvalue weighted by Crippen LogP contribution is -2.13. The number of nitrogens with zero attached hydrogens (tertiary/aromatic N) is 3. The molecule has 0 unspecified atom stereocenters. The highest BCUT2D eigenvalue weighted by atomic mass is 32.2. The number of nitrogens with two attached hydrogens (primary N) is 1. The maximum atomic E-state index is 10.8. The van der Waals surface area contributed by atoms with Gasteiger partial charge in [0.15, 0.2) is 5.82 Å². The Morgan fingerprint density at radius 2 is 2.05 bits per heavy atom. The van der Waals surface area contributed by atoms with Gasteiger partial charge in [-0.25, -0.2) is 9.47 Å². The lowest BCUT2D eigenvalue weighted by molar-refractivity contribution is 0.0697. The molecular formula is C13H16N4O2S. The number of carboxylic acid groups (broad SMARTS) is 1. The highest BCUT2D eigenvalue weighted by Gasteiger charge is 2.09. The van der Waals surface area contributed by atoms with Crippen LogP contribution in [0.2, 0.25) is 0 Å². The molecule has 0 aliphatic carbocycles. The summed E-state index contributed by atoms with van der Waals surface area (Å²) in [5, 5.41) is 17.6. The quantitative estimate of drug-likeness (QED) is 0.624. The van der Waals surface area contributed by atoms with E-state index >= 15 is 0 Å². The van der Waals surface area contributed by atoms with E-state index in [2.05, 4.69) is 17.1 Å². The Morgan fingerprint density at radius 1 is 1.35 bits per heavy atom. The third-order valence-electron chi connectivity index (χ3n) is 2.78. The molecule has 0 aliphatic rings. The molecule has 0 saturated carbocycles. The summed E-state index contributed by atoms with van der Waals surface area (Å²) in [6.45, 7) is 2.06. The summed E-state index contributed by atoms with van der Waals surface area (Å²) in [5.41, 5.74) is 1.30. The third kappa shape index (κ3) is 3.30. The number of aromatic nitrogens is 3. The van der Waals surface area contributed by atoms with E-state index in [1.807, 2.05) is 0 Å². The van der Waals surface area contributed by atoms with Crippen molar-refractivity contribution in [3.8, 4) is 0 Å². The first kappa shape index (κ1) is 14.4. The van der Waals surface area contributed by atoms with E-state index in [1.165, 1.54) is 16.4 Å². The van der Waals surface area contributed by atoms with Crippen LogP contribution in [0.5, 0.6) is 0 Å². The molecule has 0 saturated heterocycles. The molecule has 0 spiro atoms. The van der Waals surface area contributed by atoms with Gasteiger partial charge in [-0.3, -0.25) is 0 Å². The highest BCUT2D eigenvalue weighted by molar-refractivity contribution is 7.98. The summed E-state index contributed by atoms with van der Waals surface area (Å²) in [4.78, 5) is 10.8. The minimum atomic E-state index is -0.921. The minimum Gasteiger partial charge on any atom is -0.478 e. The molecule has 1 aromatic heterocycles. The molecule has 1 heterocycles. The summed E-state index contributed by atoms with van der Waals surface area (Å²) in [6, 6.07) is 6.77. The molecule has 0 amide bonds. The molecule has 0 radical (unpaired) electrons. The van der Waals surface area contributed by atoms with Gasteiger partial charge in [-0.15, -0.1) is 10.2 Å². The van der Waals surface area contributed by atoms with Crippen molar-refractivity contribution in [1.82, 2.24) is 14.9 Å². The van der Waals surface area contributed by atoms with Crippen LogP contribution in [0, 0.1) is 0 Å². The molecule has 3 N–H and O–H groups in total. The van der Waals surface area contributed by atoms with Crippen molar-refractivity contribution < 1.29 is 9.90 Å². The van der Waals surface area contributed by atoms with Crippen molar-refractivity contribution in [2.75, 3.05) is 5.84 Å². The molecule has 0 fully saturated rings. The summed E-state index contributed by atoms with van der Waals surface area (Å²) in [6.07, 6.45) is 1.77. The van der Waals surface area contributed by atoms with Gasteiger partial charge < -0.3 is 10.9 Å². The van der Waals surface area contributed by atoms with Gasteiger partial charge in [0.25, 0.3) is 0 Å². The molecule has 7 heteroatoms. The van der Waals surface area contributed by atoms with Crippen LogP contribution in [0.4, 0.5) is 0 Å². The fourth-order valence-corrected chi connectivity index (χ4v) is 2.52. The zero-order valence-corrected chi connectivity index (χ0v) is 11.9. The molecule has 20 heavy (non-hydrogen) atoms. The molecule has 0 atom stereocenters. The van der Waals surface area contributed by atoms with Crippen molar-refractivity contribution >= 4 is 17.7 Å². The number of aryl methyl sites for hydroxylation is 1. The topological polar surface area (TPSA) is 94.0 Å². The molecule has 1 aromatic carbocycles. The second kappa shape index (κ2) is 6.42. The highest BCUT2D eigenvalue weighted by Crippen LogP contribution is 2.21. The average Bonchev–Trinajstić information content (AvgIpc) is 2.79. The number of carbonyl (C=O) groups is 1. The van der Waals surface area contributed by atoms with Crippen molar-refractivity contribution in [3.63, 3.8) is 0 Å². The molecule has 2 aromatic rings. The first-order chi connectivity index (χ1) is 9.61. The lowest BCUT2D eigenvalue weighted by atomic mass is 10.1. The number of rotatable bonds is 6. The molecular weight excluding hydrogens is 276 g/mol. The predicted octanol–water partition coefficient (Wildman–Crippen LogP) is 1.93. The molecule has 2 rings (SSSR count). The Hall–Kier alpha value is -2.02. The molecule has 0 aliphatic heterocycles. The Labute approximate surface area is 121 Å². The van der Waals surface area contributed by atoms with Gasteiger partial charge in [0.1, 0.15) is 0 Å². The van der Waals surface area contributed by atoms with Gasteiger partial charge in [0, 0.05) is 12.2 Å². The van der Waals surface area contributed by atoms with Crippen molar-refractivity contribution in [3.05, 3.63) is 41.2 Å². The summed E-state index contributed by atoms with van der Waals surface area (Å²) in [7, 11) is 0. The maximum absolute atomic E-state index is 10.8. The average molecular weight is 292 g/mol. The fraction of sp³-hybridized carbons (Fsp3) is 0.308. The Balaban J connectivity index is 1.99. The number of nitrogen functional groups attached to an aromatic ring is 1. The Bertz CT molecular complexity index is 595. The third-order valence-corrected chi connectivity index (χ3v) is 3.79. The molecule has 106 valence electrons. The normalized spacial score (nSPS) is 10.7. The van der Waals surface area contributed by atoms with Gasteiger partial charge in [-0.05, 0) is 24.1 Å². The summed E-state index contributed by atoms with van der Waals surface area (Å²) >= 11 is 1.48.